The van der Waals surface area contributed by atoms with Gasteiger partial charge in [-0.05, 0) is 25.0 Å². The van der Waals surface area contributed by atoms with Gasteiger partial charge in [-0.3, -0.25) is 9.69 Å². The summed E-state index contributed by atoms with van der Waals surface area (Å²) in [4.78, 5) is 14.8. The van der Waals surface area contributed by atoms with E-state index in [0.29, 0.717) is 22.3 Å². The highest BCUT2D eigenvalue weighted by Crippen LogP contribution is 2.37. The highest BCUT2D eigenvalue weighted by atomic mass is 32.2. The van der Waals surface area contributed by atoms with Crippen molar-refractivity contribution in [2.45, 2.75) is 32.2 Å². The van der Waals surface area contributed by atoms with Crippen molar-refractivity contribution in [1.82, 2.24) is 4.90 Å². The normalized spacial score (nSPS) is 23.8. The predicted molar refractivity (Wildman–Crippen MR) is 109 cm³/mol. The van der Waals surface area contributed by atoms with Gasteiger partial charge in [-0.1, -0.05) is 55.5 Å². The largest absolute Gasteiger partial charge is 0.493 e. The van der Waals surface area contributed by atoms with E-state index < -0.39 is 9.84 Å². The van der Waals surface area contributed by atoms with Gasteiger partial charge in [0.1, 0.15) is 10.1 Å². The van der Waals surface area contributed by atoms with Gasteiger partial charge >= 0.3 is 0 Å². The van der Waals surface area contributed by atoms with E-state index in [4.69, 9.17) is 17.0 Å². The van der Waals surface area contributed by atoms with Crippen LogP contribution < -0.4 is 4.74 Å². The molecule has 0 bridgehead atoms. The van der Waals surface area contributed by atoms with E-state index in [1.165, 1.54) is 16.7 Å². The second-order valence-corrected chi connectivity index (χ2v) is 10.3. The van der Waals surface area contributed by atoms with Crippen LogP contribution in [0.15, 0.2) is 29.2 Å². The van der Waals surface area contributed by atoms with Gasteiger partial charge < -0.3 is 4.74 Å². The van der Waals surface area contributed by atoms with Gasteiger partial charge in [0, 0.05) is 5.56 Å². The number of sulfone groups is 1. The Morgan fingerprint density at radius 3 is 2.85 bits per heavy atom. The number of hydrogen-bond acceptors (Lipinski definition) is 6. The number of para-hydroxylation sites is 1. The van der Waals surface area contributed by atoms with Crippen molar-refractivity contribution < 1.29 is 17.9 Å². The molecule has 0 radical (unpaired) electrons. The molecule has 1 amide bonds. The first-order chi connectivity index (χ1) is 12.4. The first kappa shape index (κ1) is 19.4. The first-order valence-electron chi connectivity index (χ1n) is 8.60. The molecule has 2 heterocycles. The van der Waals surface area contributed by atoms with E-state index >= 15 is 0 Å². The Morgan fingerprint density at radius 2 is 2.15 bits per heavy atom. The van der Waals surface area contributed by atoms with Crippen LogP contribution in [-0.4, -0.2) is 47.7 Å². The average Bonchev–Trinajstić information content (AvgIpc) is 3.08. The van der Waals surface area contributed by atoms with Crippen molar-refractivity contribution in [1.29, 1.82) is 0 Å². The summed E-state index contributed by atoms with van der Waals surface area (Å²) in [5.41, 5.74) is 0.822. The Labute approximate surface area is 163 Å². The Bertz CT molecular complexity index is 848. The smallest absolute Gasteiger partial charge is 0.266 e. The number of thiocarbonyl (C=S) groups is 1. The van der Waals surface area contributed by atoms with Gasteiger partial charge in [-0.2, -0.15) is 0 Å². The standard InChI is InChI=1S/C18H21NO4S3/c1-2-3-9-23-15-7-5-4-6-13(15)11-16-17(20)19(18(24)25-16)14-8-10-26(21,22)12-14/h4-7,11,14H,2-3,8-10,12H2,1H3/b16-11+/t14-/m1/s1. The van der Waals surface area contributed by atoms with E-state index in [1.807, 2.05) is 24.3 Å². The molecule has 0 aromatic heterocycles. The van der Waals surface area contributed by atoms with Crippen LogP contribution in [0.5, 0.6) is 5.75 Å². The van der Waals surface area contributed by atoms with Gasteiger partial charge in [0.2, 0.25) is 0 Å². The summed E-state index contributed by atoms with van der Waals surface area (Å²) in [6, 6.07) is 7.21. The van der Waals surface area contributed by atoms with E-state index in [2.05, 4.69) is 6.92 Å². The molecular formula is C18H21NO4S3. The minimum absolute atomic E-state index is 0.0105. The van der Waals surface area contributed by atoms with Gasteiger partial charge in [-0.25, -0.2) is 8.42 Å². The highest BCUT2D eigenvalue weighted by molar-refractivity contribution is 8.26. The second kappa shape index (κ2) is 8.10. The quantitative estimate of drug-likeness (QED) is 0.407. The predicted octanol–water partition coefficient (Wildman–Crippen LogP) is 3.25. The highest BCUT2D eigenvalue weighted by Gasteiger charge is 2.42. The molecule has 1 atom stereocenters. The summed E-state index contributed by atoms with van der Waals surface area (Å²) in [6.45, 7) is 2.73. The number of thioether (sulfide) groups is 1. The summed E-state index contributed by atoms with van der Waals surface area (Å²) in [6.07, 6.45) is 4.24. The minimum Gasteiger partial charge on any atom is -0.493 e. The Balaban J connectivity index is 1.80. The molecule has 1 aromatic carbocycles. The van der Waals surface area contributed by atoms with Crippen LogP contribution in [0.4, 0.5) is 0 Å². The van der Waals surface area contributed by atoms with Crippen LogP contribution in [0, 0.1) is 0 Å². The van der Waals surface area contributed by atoms with Crippen LogP contribution in [0.3, 0.4) is 0 Å². The SMILES string of the molecule is CCCCOc1ccccc1/C=C1/SC(=S)N([C@@H]2CCS(=O)(=O)C2)C1=O. The average molecular weight is 412 g/mol. The molecule has 26 heavy (non-hydrogen) atoms. The van der Waals surface area contributed by atoms with Crippen molar-refractivity contribution in [2.75, 3.05) is 18.1 Å². The molecule has 2 fully saturated rings. The molecule has 8 heteroatoms. The molecule has 0 spiro atoms. The number of carbonyl (C=O) groups is 1. The van der Waals surface area contributed by atoms with Crippen LogP contribution in [0.25, 0.3) is 6.08 Å². The van der Waals surface area contributed by atoms with Gasteiger partial charge in [0.25, 0.3) is 5.91 Å². The number of unbranched alkanes of at least 4 members (excludes halogenated alkanes) is 1. The Kier molecular flexibility index (Phi) is 6.04. The zero-order valence-corrected chi connectivity index (χ0v) is 17.0. The zero-order valence-electron chi connectivity index (χ0n) is 14.5. The number of rotatable bonds is 6. The molecule has 3 rings (SSSR count). The molecule has 5 nitrogen and oxygen atoms in total. The molecular weight excluding hydrogens is 390 g/mol. The molecule has 140 valence electrons. The van der Waals surface area contributed by atoms with E-state index in [1.54, 1.807) is 6.08 Å². The summed E-state index contributed by atoms with van der Waals surface area (Å²) >= 11 is 6.56. The molecule has 0 unspecified atom stereocenters. The first-order valence-corrected chi connectivity index (χ1v) is 11.6. The van der Waals surface area contributed by atoms with Gasteiger partial charge in [-0.15, -0.1) is 0 Å². The summed E-state index contributed by atoms with van der Waals surface area (Å²) in [5.74, 6) is 0.616. The maximum absolute atomic E-state index is 12.8. The van der Waals surface area contributed by atoms with E-state index in [9.17, 15) is 13.2 Å². The third-order valence-corrected chi connectivity index (χ3v) is 7.44. The van der Waals surface area contributed by atoms with Gasteiger partial charge in [0.15, 0.2) is 9.84 Å². The van der Waals surface area contributed by atoms with E-state index in [0.717, 1.165) is 24.2 Å². The Hall–Kier alpha value is -1.38. The lowest BCUT2D eigenvalue weighted by Crippen LogP contribution is -2.39. The van der Waals surface area contributed by atoms with Crippen molar-refractivity contribution in [3.63, 3.8) is 0 Å². The fourth-order valence-corrected chi connectivity index (χ4v) is 6.06. The van der Waals surface area contributed by atoms with Crippen LogP contribution in [0.2, 0.25) is 0 Å². The maximum Gasteiger partial charge on any atom is 0.266 e. The molecule has 0 saturated carbocycles. The topological polar surface area (TPSA) is 63.7 Å². The monoisotopic (exact) mass is 411 g/mol. The zero-order chi connectivity index (χ0) is 18.7. The molecule has 2 aliphatic heterocycles. The fraction of sp³-hybridized carbons (Fsp3) is 0.444. The molecule has 1 aromatic rings. The number of amides is 1. The van der Waals surface area contributed by atoms with Crippen molar-refractivity contribution in [3.8, 4) is 5.75 Å². The molecule has 2 saturated heterocycles. The van der Waals surface area contributed by atoms with Crippen LogP contribution >= 0.6 is 24.0 Å². The lowest BCUT2D eigenvalue weighted by Gasteiger charge is -2.20. The molecule has 0 aliphatic carbocycles. The lowest BCUT2D eigenvalue weighted by molar-refractivity contribution is -0.123. The number of benzene rings is 1. The summed E-state index contributed by atoms with van der Waals surface area (Å²) in [5, 5.41) is 0. The summed E-state index contributed by atoms with van der Waals surface area (Å²) < 4.78 is 29.7. The molecule has 2 aliphatic rings. The van der Waals surface area contributed by atoms with Crippen LogP contribution in [-0.2, 0) is 14.6 Å². The van der Waals surface area contributed by atoms with Crippen LogP contribution in [0.1, 0.15) is 31.7 Å². The van der Waals surface area contributed by atoms with Gasteiger partial charge in [0.05, 0.1) is 29.1 Å². The summed E-state index contributed by atoms with van der Waals surface area (Å²) in [7, 11) is -3.08. The van der Waals surface area contributed by atoms with Crippen molar-refractivity contribution in [3.05, 3.63) is 34.7 Å². The maximum atomic E-state index is 12.8. The number of hydrogen-bond donors (Lipinski definition) is 0. The third-order valence-electron chi connectivity index (χ3n) is 4.36. The minimum atomic E-state index is -3.08. The fourth-order valence-electron chi connectivity index (χ4n) is 2.97. The van der Waals surface area contributed by atoms with Crippen molar-refractivity contribution >= 4 is 50.1 Å². The van der Waals surface area contributed by atoms with Crippen molar-refractivity contribution in [2.24, 2.45) is 0 Å². The number of carbonyl (C=O) groups excluding carboxylic acids is 1. The lowest BCUT2D eigenvalue weighted by atomic mass is 10.1. The molecule has 0 N–H and O–H groups in total. The number of ether oxygens (including phenoxy) is 1. The Morgan fingerprint density at radius 1 is 1.38 bits per heavy atom. The van der Waals surface area contributed by atoms with E-state index in [-0.39, 0.29) is 23.5 Å². The third kappa shape index (κ3) is 4.29. The number of nitrogens with zero attached hydrogens (tertiary/aromatic N) is 1. The second-order valence-electron chi connectivity index (χ2n) is 6.35.